The van der Waals surface area contributed by atoms with Crippen LogP contribution in [0, 0.1) is 0 Å². The van der Waals surface area contributed by atoms with Crippen LogP contribution >= 0.6 is 11.6 Å². The number of halogens is 3. The molecule has 1 rings (SSSR count). The largest absolute Gasteiger partial charge is 0.303 e. The van der Waals surface area contributed by atoms with Gasteiger partial charge in [0.15, 0.2) is 0 Å². The number of benzene rings is 1. The average molecular weight is 219 g/mol. The van der Waals surface area contributed by atoms with E-state index in [2.05, 4.69) is 0 Å². The molecule has 0 heterocycles. The van der Waals surface area contributed by atoms with Crippen LogP contribution in [-0.4, -0.2) is 6.29 Å². The van der Waals surface area contributed by atoms with Crippen LogP contribution in [0.25, 0.3) is 0 Å². The second-order valence-electron chi connectivity index (χ2n) is 2.83. The summed E-state index contributed by atoms with van der Waals surface area (Å²) in [6.45, 7) is 0. The molecule has 0 radical (unpaired) electrons. The van der Waals surface area contributed by atoms with Gasteiger partial charge in [-0.3, -0.25) is 0 Å². The van der Waals surface area contributed by atoms with Gasteiger partial charge in [-0.05, 0) is 12.0 Å². The fraction of sp³-hybridized carbons (Fsp3) is 0.300. The number of rotatable bonds is 4. The molecule has 0 bridgehead atoms. The molecule has 0 saturated heterocycles. The zero-order chi connectivity index (χ0) is 10.6. The first-order valence-electron chi connectivity index (χ1n) is 4.16. The summed E-state index contributed by atoms with van der Waals surface area (Å²) in [5.74, 6) is 0. The molecule has 14 heavy (non-hydrogen) atoms. The van der Waals surface area contributed by atoms with E-state index in [1.165, 1.54) is 12.1 Å². The SMILES string of the molecule is O=CCCc1cccc(C(F)F)c1Cl. The summed E-state index contributed by atoms with van der Waals surface area (Å²) in [6.07, 6.45) is -1.13. The van der Waals surface area contributed by atoms with Crippen molar-refractivity contribution >= 4 is 17.9 Å². The van der Waals surface area contributed by atoms with Gasteiger partial charge in [0.1, 0.15) is 6.29 Å². The summed E-state index contributed by atoms with van der Waals surface area (Å²) in [7, 11) is 0. The lowest BCUT2D eigenvalue weighted by Gasteiger charge is -2.07. The molecule has 0 aliphatic heterocycles. The van der Waals surface area contributed by atoms with Crippen LogP contribution in [0.3, 0.4) is 0 Å². The standard InChI is InChI=1S/C10H9ClF2O/c11-9-7(4-2-6-14)3-1-5-8(9)10(12)13/h1,3,5-6,10H,2,4H2. The molecule has 0 spiro atoms. The Morgan fingerprint density at radius 1 is 1.43 bits per heavy atom. The molecule has 1 aromatic rings. The molecule has 0 aliphatic rings. The van der Waals surface area contributed by atoms with Crippen molar-refractivity contribution in [3.05, 3.63) is 34.3 Å². The third kappa shape index (κ3) is 2.51. The molecule has 0 unspecified atom stereocenters. The van der Waals surface area contributed by atoms with E-state index in [1.807, 2.05) is 0 Å². The fourth-order valence-electron chi connectivity index (χ4n) is 1.18. The molecular formula is C10H9ClF2O. The Morgan fingerprint density at radius 2 is 2.14 bits per heavy atom. The first-order chi connectivity index (χ1) is 6.66. The van der Waals surface area contributed by atoms with E-state index < -0.39 is 6.43 Å². The van der Waals surface area contributed by atoms with Gasteiger partial charge in [-0.15, -0.1) is 0 Å². The number of hydrogen-bond acceptors (Lipinski definition) is 1. The average Bonchev–Trinajstić information content (AvgIpc) is 2.16. The summed E-state index contributed by atoms with van der Waals surface area (Å²) in [5, 5.41) is 0.0735. The summed E-state index contributed by atoms with van der Waals surface area (Å²) in [5.41, 5.74) is 0.423. The first-order valence-corrected chi connectivity index (χ1v) is 4.53. The Hall–Kier alpha value is -0.960. The molecule has 76 valence electrons. The highest BCUT2D eigenvalue weighted by atomic mass is 35.5. The molecule has 0 amide bonds. The Balaban J connectivity index is 2.95. The highest BCUT2D eigenvalue weighted by Gasteiger charge is 2.13. The molecule has 0 aromatic heterocycles. The molecule has 0 aliphatic carbocycles. The molecule has 0 atom stereocenters. The summed E-state index contributed by atoms with van der Waals surface area (Å²) in [6, 6.07) is 4.46. The number of aryl methyl sites for hydroxylation is 1. The zero-order valence-corrected chi connectivity index (χ0v) is 8.10. The molecule has 0 fully saturated rings. The minimum atomic E-state index is -2.57. The van der Waals surface area contributed by atoms with Crippen molar-refractivity contribution in [1.82, 2.24) is 0 Å². The Bertz CT molecular complexity index is 326. The smallest absolute Gasteiger partial charge is 0.265 e. The summed E-state index contributed by atoms with van der Waals surface area (Å²) < 4.78 is 24.8. The monoisotopic (exact) mass is 218 g/mol. The minimum absolute atomic E-state index is 0.0735. The van der Waals surface area contributed by atoms with Gasteiger partial charge < -0.3 is 4.79 Å². The van der Waals surface area contributed by atoms with Gasteiger partial charge in [0, 0.05) is 12.0 Å². The molecule has 0 saturated carbocycles. The van der Waals surface area contributed by atoms with Crippen LogP contribution in [0.1, 0.15) is 24.0 Å². The van der Waals surface area contributed by atoms with E-state index in [0.717, 1.165) is 6.29 Å². The predicted molar refractivity (Wildman–Crippen MR) is 50.8 cm³/mol. The van der Waals surface area contributed by atoms with Gasteiger partial charge in [0.2, 0.25) is 0 Å². The van der Waals surface area contributed by atoms with Gasteiger partial charge >= 0.3 is 0 Å². The van der Waals surface area contributed by atoms with Crippen molar-refractivity contribution in [3.63, 3.8) is 0 Å². The van der Waals surface area contributed by atoms with Gasteiger partial charge in [-0.2, -0.15) is 0 Å². The van der Waals surface area contributed by atoms with Crippen LogP contribution in [0.2, 0.25) is 5.02 Å². The Labute approximate surface area is 85.7 Å². The maximum Gasteiger partial charge on any atom is 0.265 e. The lowest BCUT2D eigenvalue weighted by molar-refractivity contribution is -0.107. The lowest BCUT2D eigenvalue weighted by atomic mass is 10.1. The summed E-state index contributed by atoms with van der Waals surface area (Å²) >= 11 is 5.74. The zero-order valence-electron chi connectivity index (χ0n) is 7.34. The van der Waals surface area contributed by atoms with Crippen molar-refractivity contribution in [3.8, 4) is 0 Å². The van der Waals surface area contributed by atoms with E-state index in [0.29, 0.717) is 18.4 Å². The second kappa shape index (κ2) is 5.05. The van der Waals surface area contributed by atoms with Crippen LogP contribution < -0.4 is 0 Å². The van der Waals surface area contributed by atoms with Gasteiger partial charge in [0.05, 0.1) is 5.02 Å². The normalized spacial score (nSPS) is 10.6. The van der Waals surface area contributed by atoms with Crippen LogP contribution in [0.15, 0.2) is 18.2 Å². The predicted octanol–water partition coefficient (Wildman–Crippen LogP) is 3.41. The van der Waals surface area contributed by atoms with Gasteiger partial charge in [0.25, 0.3) is 6.43 Å². The van der Waals surface area contributed by atoms with Crippen LogP contribution in [0.5, 0.6) is 0 Å². The number of carbonyl (C=O) groups excluding carboxylic acids is 1. The van der Waals surface area contributed by atoms with Crippen LogP contribution in [-0.2, 0) is 11.2 Å². The van der Waals surface area contributed by atoms with Crippen LogP contribution in [0.4, 0.5) is 8.78 Å². The molecular weight excluding hydrogens is 210 g/mol. The van der Waals surface area contributed by atoms with Crippen molar-refractivity contribution in [2.24, 2.45) is 0 Å². The van der Waals surface area contributed by atoms with E-state index in [1.54, 1.807) is 6.07 Å². The highest BCUT2D eigenvalue weighted by Crippen LogP contribution is 2.29. The van der Waals surface area contributed by atoms with Crippen molar-refractivity contribution in [2.75, 3.05) is 0 Å². The summed E-state index contributed by atoms with van der Waals surface area (Å²) in [4.78, 5) is 10.1. The molecule has 1 aromatic carbocycles. The van der Waals surface area contributed by atoms with Crippen molar-refractivity contribution in [2.45, 2.75) is 19.3 Å². The third-order valence-electron chi connectivity index (χ3n) is 1.88. The highest BCUT2D eigenvalue weighted by molar-refractivity contribution is 6.32. The quantitative estimate of drug-likeness (QED) is 0.708. The number of carbonyl (C=O) groups is 1. The fourth-order valence-corrected chi connectivity index (χ4v) is 1.48. The Kier molecular flexibility index (Phi) is 4.01. The van der Waals surface area contributed by atoms with Gasteiger partial charge in [-0.1, -0.05) is 29.8 Å². The van der Waals surface area contributed by atoms with Crippen molar-refractivity contribution < 1.29 is 13.6 Å². The third-order valence-corrected chi connectivity index (χ3v) is 2.34. The van der Waals surface area contributed by atoms with Gasteiger partial charge in [-0.25, -0.2) is 8.78 Å². The van der Waals surface area contributed by atoms with Crippen molar-refractivity contribution in [1.29, 1.82) is 0 Å². The lowest BCUT2D eigenvalue weighted by Crippen LogP contribution is -1.93. The topological polar surface area (TPSA) is 17.1 Å². The van der Waals surface area contributed by atoms with E-state index in [4.69, 9.17) is 11.6 Å². The number of aldehydes is 1. The van der Waals surface area contributed by atoms with E-state index >= 15 is 0 Å². The second-order valence-corrected chi connectivity index (χ2v) is 3.20. The van der Waals surface area contributed by atoms with E-state index in [9.17, 15) is 13.6 Å². The Morgan fingerprint density at radius 3 is 2.71 bits per heavy atom. The molecule has 1 nitrogen and oxygen atoms in total. The maximum absolute atomic E-state index is 12.4. The van der Waals surface area contributed by atoms with E-state index in [-0.39, 0.29) is 10.6 Å². The number of alkyl halides is 2. The maximum atomic E-state index is 12.4. The number of hydrogen-bond donors (Lipinski definition) is 0. The first kappa shape index (κ1) is 11.1. The minimum Gasteiger partial charge on any atom is -0.303 e. The molecule has 4 heteroatoms. The molecule has 0 N–H and O–H groups in total.